The molecule has 0 rings (SSSR count). The zero-order chi connectivity index (χ0) is 12.1. The first-order chi connectivity index (χ1) is 6.67. The Morgan fingerprint density at radius 1 is 1.33 bits per heavy atom. The van der Waals surface area contributed by atoms with Gasteiger partial charge in [0.25, 0.3) is 0 Å². The van der Waals surface area contributed by atoms with Gasteiger partial charge < -0.3 is 9.53 Å². The molecule has 0 aliphatic heterocycles. The van der Waals surface area contributed by atoms with Crippen molar-refractivity contribution in [2.24, 2.45) is 0 Å². The lowest BCUT2D eigenvalue weighted by atomic mass is 10.2. The van der Waals surface area contributed by atoms with Crippen LogP contribution < -0.4 is 0 Å². The first-order valence-electron chi connectivity index (χ1n) is 5.47. The van der Waals surface area contributed by atoms with Crippen LogP contribution in [0.3, 0.4) is 0 Å². The fourth-order valence-corrected chi connectivity index (χ4v) is 1.84. The van der Waals surface area contributed by atoms with Crippen LogP contribution in [-0.4, -0.2) is 26.1 Å². The van der Waals surface area contributed by atoms with E-state index in [1.807, 2.05) is 0 Å². The van der Waals surface area contributed by atoms with E-state index < -0.39 is 14.4 Å². The summed E-state index contributed by atoms with van der Waals surface area (Å²) in [5, 5.41) is 9.19. The smallest absolute Gasteiger partial charge is 0.192 e. The lowest BCUT2D eigenvalue weighted by Crippen LogP contribution is -2.40. The summed E-state index contributed by atoms with van der Waals surface area (Å²) in [5.41, 5.74) is 0. The van der Waals surface area contributed by atoms with E-state index >= 15 is 0 Å². The average Bonchev–Trinajstić information content (AvgIpc) is 2.00. The van der Waals surface area contributed by atoms with Gasteiger partial charge in [-0.3, -0.25) is 0 Å². The third-order valence-electron chi connectivity index (χ3n) is 2.81. The lowest BCUT2D eigenvalue weighted by Gasteiger charge is -2.35. The van der Waals surface area contributed by atoms with Crippen LogP contribution in [-0.2, 0) is 4.43 Å². The largest absolute Gasteiger partial charge is 0.416 e. The summed E-state index contributed by atoms with van der Waals surface area (Å²) in [6.07, 6.45) is 0.176. The predicted molar refractivity (Wildman–Crippen MR) is 67.2 cm³/mol. The number of aliphatic hydroxyl groups excluding tert-OH is 1. The fourth-order valence-electron chi connectivity index (χ4n) is 0.794. The quantitative estimate of drug-likeness (QED) is 0.457. The molecule has 0 heterocycles. The van der Waals surface area contributed by atoms with Crippen molar-refractivity contribution in [2.45, 2.75) is 58.4 Å². The van der Waals surface area contributed by atoms with E-state index in [0.717, 1.165) is 0 Å². The van der Waals surface area contributed by atoms with Gasteiger partial charge in [0.2, 0.25) is 0 Å². The van der Waals surface area contributed by atoms with Gasteiger partial charge in [0, 0.05) is 13.0 Å². The summed E-state index contributed by atoms with van der Waals surface area (Å²) in [6, 6.07) is 0. The minimum atomic E-state index is -1.61. The van der Waals surface area contributed by atoms with Gasteiger partial charge in [-0.15, -0.1) is 0 Å². The maximum atomic E-state index is 8.94. The fraction of sp³-hybridized carbons (Fsp3) is 0.833. The van der Waals surface area contributed by atoms with Crippen molar-refractivity contribution in [2.75, 3.05) is 6.61 Å². The average molecular weight is 228 g/mol. The van der Waals surface area contributed by atoms with E-state index in [1.54, 1.807) is 6.92 Å². The highest BCUT2D eigenvalue weighted by molar-refractivity contribution is 6.74. The van der Waals surface area contributed by atoms with E-state index in [4.69, 9.17) is 9.53 Å². The molecule has 15 heavy (non-hydrogen) atoms. The van der Waals surface area contributed by atoms with Crippen molar-refractivity contribution in [1.82, 2.24) is 0 Å². The molecule has 0 aromatic heterocycles. The first-order valence-corrected chi connectivity index (χ1v) is 8.38. The number of aliphatic hydroxyl groups is 1. The molecule has 1 unspecified atom stereocenters. The summed E-state index contributed by atoms with van der Waals surface area (Å²) in [7, 11) is -1.61. The summed E-state index contributed by atoms with van der Waals surface area (Å²) in [5.74, 6) is 5.62. The molecule has 0 aliphatic carbocycles. The van der Waals surface area contributed by atoms with E-state index in [-0.39, 0.29) is 5.04 Å². The van der Waals surface area contributed by atoms with E-state index in [2.05, 4.69) is 45.7 Å². The molecule has 0 fully saturated rings. The Morgan fingerprint density at radius 2 is 1.87 bits per heavy atom. The SMILES string of the molecule is CC(O)C#CCCO[Si](C)(C)C(C)(C)C. The maximum Gasteiger partial charge on any atom is 0.192 e. The van der Waals surface area contributed by atoms with Crippen LogP contribution in [0.5, 0.6) is 0 Å². The van der Waals surface area contributed by atoms with Crippen molar-refractivity contribution in [3.05, 3.63) is 0 Å². The van der Waals surface area contributed by atoms with Crippen molar-refractivity contribution in [3.63, 3.8) is 0 Å². The van der Waals surface area contributed by atoms with Crippen molar-refractivity contribution in [3.8, 4) is 11.8 Å². The molecular weight excluding hydrogens is 204 g/mol. The Kier molecular flexibility index (Phi) is 5.58. The Hall–Kier alpha value is -0.303. The lowest BCUT2D eigenvalue weighted by molar-refractivity contribution is 0.253. The molecule has 0 spiro atoms. The molecule has 2 nitrogen and oxygen atoms in total. The molecule has 0 saturated carbocycles. The highest BCUT2D eigenvalue weighted by Gasteiger charge is 2.36. The second-order valence-electron chi connectivity index (χ2n) is 5.36. The highest BCUT2D eigenvalue weighted by atomic mass is 28.4. The standard InChI is InChI=1S/C12H24O2Si/c1-11(13)9-7-8-10-14-15(5,6)12(2,3)4/h11,13H,8,10H2,1-6H3. The molecule has 1 N–H and O–H groups in total. The molecule has 0 aromatic rings. The van der Waals surface area contributed by atoms with Gasteiger partial charge in [-0.1, -0.05) is 32.6 Å². The molecule has 0 aromatic carbocycles. The second-order valence-corrected chi connectivity index (χ2v) is 10.2. The topological polar surface area (TPSA) is 29.5 Å². The van der Waals surface area contributed by atoms with E-state index in [9.17, 15) is 0 Å². The second kappa shape index (κ2) is 5.69. The van der Waals surface area contributed by atoms with Crippen LogP contribution in [0.2, 0.25) is 18.1 Å². The van der Waals surface area contributed by atoms with Crippen LogP contribution >= 0.6 is 0 Å². The van der Waals surface area contributed by atoms with Crippen molar-refractivity contribution >= 4 is 8.32 Å². The summed E-state index contributed by atoms with van der Waals surface area (Å²) in [4.78, 5) is 0. The van der Waals surface area contributed by atoms with Crippen LogP contribution in [0, 0.1) is 11.8 Å². The van der Waals surface area contributed by atoms with Gasteiger partial charge in [-0.05, 0) is 25.1 Å². The molecule has 88 valence electrons. The Morgan fingerprint density at radius 3 is 2.27 bits per heavy atom. The van der Waals surface area contributed by atoms with Crippen molar-refractivity contribution in [1.29, 1.82) is 0 Å². The molecule has 0 aliphatic rings. The molecule has 0 amide bonds. The normalized spacial score (nSPS) is 14.3. The monoisotopic (exact) mass is 228 g/mol. The van der Waals surface area contributed by atoms with Crippen molar-refractivity contribution < 1.29 is 9.53 Å². The van der Waals surface area contributed by atoms with Gasteiger partial charge in [0.1, 0.15) is 6.10 Å². The van der Waals surface area contributed by atoms with Gasteiger partial charge in [0.15, 0.2) is 8.32 Å². The number of hydrogen-bond acceptors (Lipinski definition) is 2. The van der Waals surface area contributed by atoms with Gasteiger partial charge >= 0.3 is 0 Å². The van der Waals surface area contributed by atoms with Crippen LogP contribution in [0.1, 0.15) is 34.1 Å². The third-order valence-corrected chi connectivity index (χ3v) is 7.35. The number of hydrogen-bond donors (Lipinski definition) is 1. The van der Waals surface area contributed by atoms with Gasteiger partial charge in [-0.2, -0.15) is 0 Å². The highest BCUT2D eigenvalue weighted by Crippen LogP contribution is 2.36. The Bertz CT molecular complexity index is 241. The molecule has 0 saturated heterocycles. The maximum absolute atomic E-state index is 8.94. The molecule has 3 heteroatoms. The molecule has 0 radical (unpaired) electrons. The van der Waals surface area contributed by atoms with Gasteiger partial charge in [-0.25, -0.2) is 0 Å². The molecule has 0 bridgehead atoms. The van der Waals surface area contributed by atoms with Crippen LogP contribution in [0.25, 0.3) is 0 Å². The first kappa shape index (κ1) is 14.7. The molecular formula is C12H24O2Si. The summed E-state index contributed by atoms with van der Waals surface area (Å²) in [6.45, 7) is 13.5. The van der Waals surface area contributed by atoms with Crippen LogP contribution in [0.4, 0.5) is 0 Å². The predicted octanol–water partition coefficient (Wildman–Crippen LogP) is 2.78. The third kappa shape index (κ3) is 5.98. The Labute approximate surface area is 95.2 Å². The zero-order valence-corrected chi connectivity index (χ0v) is 11.8. The van der Waals surface area contributed by atoms with E-state index in [0.29, 0.717) is 13.0 Å². The Balaban J connectivity index is 3.93. The minimum absolute atomic E-state index is 0.255. The van der Waals surface area contributed by atoms with Crippen LogP contribution in [0.15, 0.2) is 0 Å². The zero-order valence-electron chi connectivity index (χ0n) is 10.8. The summed E-state index contributed by atoms with van der Waals surface area (Å²) < 4.78 is 5.93. The minimum Gasteiger partial charge on any atom is -0.416 e. The van der Waals surface area contributed by atoms with E-state index in [1.165, 1.54) is 0 Å². The summed E-state index contributed by atoms with van der Waals surface area (Å²) >= 11 is 0. The van der Waals surface area contributed by atoms with Gasteiger partial charge in [0.05, 0.1) is 0 Å². The number of rotatable bonds is 3. The molecule has 1 atom stereocenters.